The largest absolute Gasteiger partial charge is 0.411 e. The van der Waals surface area contributed by atoms with Crippen molar-refractivity contribution in [3.05, 3.63) is 15.9 Å². The van der Waals surface area contributed by atoms with Gasteiger partial charge in [0.2, 0.25) is 0 Å². The van der Waals surface area contributed by atoms with Gasteiger partial charge in [0, 0.05) is 19.0 Å². The van der Waals surface area contributed by atoms with Crippen molar-refractivity contribution in [2.24, 2.45) is 0 Å². The zero-order valence-electron chi connectivity index (χ0n) is 12.4. The lowest BCUT2D eigenvalue weighted by Gasteiger charge is -2.18. The van der Waals surface area contributed by atoms with Crippen LogP contribution in [0.25, 0.3) is 0 Å². The molecule has 21 heavy (non-hydrogen) atoms. The molecule has 0 aliphatic rings. The molecule has 1 aromatic heterocycles. The summed E-state index contributed by atoms with van der Waals surface area (Å²) in [6.07, 6.45) is -2.94. The van der Waals surface area contributed by atoms with Gasteiger partial charge in [-0.2, -0.15) is 18.3 Å². The smallest absolute Gasteiger partial charge is 0.370 e. The van der Waals surface area contributed by atoms with Gasteiger partial charge in [-0.3, -0.25) is 4.68 Å². The molecule has 1 N–H and O–H groups in total. The molecule has 0 saturated heterocycles. The van der Waals surface area contributed by atoms with E-state index in [0.29, 0.717) is 13.0 Å². The quantitative estimate of drug-likeness (QED) is 0.763. The number of likely N-dealkylation sites (N-methyl/N-ethyl adjacent to an activating group) is 1. The summed E-state index contributed by atoms with van der Waals surface area (Å²) in [5.74, 6) is 0. The summed E-state index contributed by atoms with van der Waals surface area (Å²) in [5, 5.41) is 7.46. The van der Waals surface area contributed by atoms with Crippen LogP contribution in [0.15, 0.2) is 4.47 Å². The van der Waals surface area contributed by atoms with Crippen LogP contribution < -0.4 is 5.32 Å². The van der Waals surface area contributed by atoms with Crippen molar-refractivity contribution in [3.63, 3.8) is 0 Å². The normalized spacial score (nSPS) is 13.7. The Balaban J connectivity index is 2.70. The summed E-state index contributed by atoms with van der Waals surface area (Å²) in [5.41, 5.74) is 1.93. The third-order valence-corrected chi connectivity index (χ3v) is 4.04. The molecule has 4 nitrogen and oxygen atoms in total. The zero-order valence-corrected chi connectivity index (χ0v) is 14.0. The van der Waals surface area contributed by atoms with Crippen LogP contribution in [0.1, 0.15) is 25.2 Å². The lowest BCUT2D eigenvalue weighted by molar-refractivity contribution is -0.175. The molecule has 0 saturated carbocycles. The van der Waals surface area contributed by atoms with E-state index in [0.717, 1.165) is 22.3 Å². The first-order valence-corrected chi connectivity index (χ1v) is 7.67. The van der Waals surface area contributed by atoms with E-state index in [-0.39, 0.29) is 12.6 Å². The Bertz CT molecular complexity index is 449. The summed E-state index contributed by atoms with van der Waals surface area (Å²) in [6.45, 7) is 3.49. The molecule has 122 valence electrons. The van der Waals surface area contributed by atoms with Gasteiger partial charge in [0.05, 0.1) is 22.5 Å². The van der Waals surface area contributed by atoms with Gasteiger partial charge in [0.15, 0.2) is 0 Å². The predicted octanol–water partition coefficient (Wildman–Crippen LogP) is 2.94. The van der Waals surface area contributed by atoms with Crippen molar-refractivity contribution in [3.8, 4) is 0 Å². The number of hydrogen-bond acceptors (Lipinski definition) is 3. The van der Waals surface area contributed by atoms with Crippen molar-refractivity contribution in [2.75, 3.05) is 20.3 Å². The molecule has 0 aromatic carbocycles. The SMILES string of the molecule is CCc1nn(CC)c(CC(COCC(F)(F)F)NC)c1Br. The first-order chi connectivity index (χ1) is 9.82. The average Bonchev–Trinajstić information content (AvgIpc) is 2.72. The second-order valence-electron chi connectivity index (χ2n) is 4.70. The van der Waals surface area contributed by atoms with E-state index in [2.05, 4.69) is 26.3 Å². The Hall–Kier alpha value is -0.600. The Morgan fingerprint density at radius 1 is 1.38 bits per heavy atom. The summed E-state index contributed by atoms with van der Waals surface area (Å²) in [7, 11) is 1.71. The fraction of sp³-hybridized carbons (Fsp3) is 0.769. The molecule has 0 fully saturated rings. The van der Waals surface area contributed by atoms with Gasteiger partial charge in [-0.05, 0) is 36.3 Å². The minimum atomic E-state index is -4.29. The number of rotatable bonds is 8. The lowest BCUT2D eigenvalue weighted by atomic mass is 10.1. The Morgan fingerprint density at radius 2 is 2.05 bits per heavy atom. The Labute approximate surface area is 131 Å². The molecular weight excluding hydrogens is 351 g/mol. The molecule has 1 aromatic rings. The summed E-state index contributed by atoms with van der Waals surface area (Å²) in [6, 6.07) is -0.199. The van der Waals surface area contributed by atoms with E-state index in [1.165, 1.54) is 0 Å². The standard InChI is InChI=1S/C13H21BrF3N3O/c1-4-10-12(14)11(20(5-2)19-10)6-9(18-3)7-21-8-13(15,16)17/h9,18H,4-8H2,1-3H3. The number of alkyl halides is 3. The van der Waals surface area contributed by atoms with Crippen LogP contribution >= 0.6 is 15.9 Å². The monoisotopic (exact) mass is 371 g/mol. The molecule has 8 heteroatoms. The van der Waals surface area contributed by atoms with Crippen LogP contribution in [-0.2, 0) is 24.1 Å². The van der Waals surface area contributed by atoms with Gasteiger partial charge in [-0.1, -0.05) is 6.92 Å². The van der Waals surface area contributed by atoms with E-state index in [4.69, 9.17) is 4.74 Å². The maximum Gasteiger partial charge on any atom is 0.411 e. The van der Waals surface area contributed by atoms with Crippen LogP contribution in [0.5, 0.6) is 0 Å². The van der Waals surface area contributed by atoms with Crippen LogP contribution in [0.2, 0.25) is 0 Å². The van der Waals surface area contributed by atoms with Crippen molar-refractivity contribution < 1.29 is 17.9 Å². The molecule has 0 radical (unpaired) electrons. The number of aromatic nitrogens is 2. The van der Waals surface area contributed by atoms with Crippen LogP contribution in [0.3, 0.4) is 0 Å². The van der Waals surface area contributed by atoms with Crippen molar-refractivity contribution in [2.45, 2.75) is 45.5 Å². The average molecular weight is 372 g/mol. The Kier molecular flexibility index (Phi) is 7.15. The van der Waals surface area contributed by atoms with E-state index >= 15 is 0 Å². The van der Waals surface area contributed by atoms with Gasteiger partial charge in [-0.15, -0.1) is 0 Å². The fourth-order valence-electron chi connectivity index (χ4n) is 2.01. The van der Waals surface area contributed by atoms with Gasteiger partial charge >= 0.3 is 6.18 Å². The first-order valence-electron chi connectivity index (χ1n) is 6.88. The van der Waals surface area contributed by atoms with Gasteiger partial charge in [-0.25, -0.2) is 0 Å². The number of hydrogen-bond donors (Lipinski definition) is 1. The van der Waals surface area contributed by atoms with E-state index < -0.39 is 12.8 Å². The highest BCUT2D eigenvalue weighted by molar-refractivity contribution is 9.10. The summed E-state index contributed by atoms with van der Waals surface area (Å²) in [4.78, 5) is 0. The highest BCUT2D eigenvalue weighted by Crippen LogP contribution is 2.24. The summed E-state index contributed by atoms with van der Waals surface area (Å²) >= 11 is 3.53. The highest BCUT2D eigenvalue weighted by Gasteiger charge is 2.28. The molecule has 1 rings (SSSR count). The number of nitrogens with one attached hydrogen (secondary N) is 1. The molecule has 0 amide bonds. The maximum atomic E-state index is 12.1. The number of aryl methyl sites for hydroxylation is 2. The van der Waals surface area contributed by atoms with Crippen molar-refractivity contribution in [1.29, 1.82) is 0 Å². The van der Waals surface area contributed by atoms with Gasteiger partial charge in [0.1, 0.15) is 6.61 Å². The second-order valence-corrected chi connectivity index (χ2v) is 5.49. The number of nitrogens with zero attached hydrogens (tertiary/aromatic N) is 2. The second kappa shape index (κ2) is 8.14. The minimum absolute atomic E-state index is 0.00119. The molecule has 0 spiro atoms. The first kappa shape index (κ1) is 18.4. The number of ether oxygens (including phenoxy) is 1. The zero-order chi connectivity index (χ0) is 16.0. The molecular formula is C13H21BrF3N3O. The summed E-state index contributed by atoms with van der Waals surface area (Å²) < 4.78 is 43.8. The molecule has 1 atom stereocenters. The van der Waals surface area contributed by atoms with Crippen molar-refractivity contribution >= 4 is 15.9 Å². The lowest BCUT2D eigenvalue weighted by Crippen LogP contribution is -2.35. The molecule has 0 bridgehead atoms. The van der Waals surface area contributed by atoms with Crippen LogP contribution in [0.4, 0.5) is 13.2 Å². The topological polar surface area (TPSA) is 39.1 Å². The van der Waals surface area contributed by atoms with Crippen LogP contribution in [0, 0.1) is 0 Å². The van der Waals surface area contributed by atoms with Gasteiger partial charge < -0.3 is 10.1 Å². The third kappa shape index (κ3) is 5.60. The van der Waals surface area contributed by atoms with Gasteiger partial charge in [0.25, 0.3) is 0 Å². The highest BCUT2D eigenvalue weighted by atomic mass is 79.9. The van der Waals surface area contributed by atoms with E-state index in [1.54, 1.807) is 7.05 Å². The van der Waals surface area contributed by atoms with E-state index in [9.17, 15) is 13.2 Å². The molecule has 1 heterocycles. The minimum Gasteiger partial charge on any atom is -0.370 e. The molecule has 0 aliphatic heterocycles. The van der Waals surface area contributed by atoms with E-state index in [1.807, 2.05) is 18.5 Å². The van der Waals surface area contributed by atoms with Crippen molar-refractivity contribution in [1.82, 2.24) is 15.1 Å². The van der Waals surface area contributed by atoms with Crippen LogP contribution in [-0.4, -0.2) is 42.3 Å². The molecule has 0 aliphatic carbocycles. The maximum absolute atomic E-state index is 12.1. The Morgan fingerprint density at radius 3 is 2.52 bits per heavy atom. The predicted molar refractivity (Wildman–Crippen MR) is 78.4 cm³/mol. The number of halogens is 4. The fourth-order valence-corrected chi connectivity index (χ4v) is 2.73. The molecule has 1 unspecified atom stereocenters. The third-order valence-electron chi connectivity index (χ3n) is 3.13.